The van der Waals surface area contributed by atoms with Crippen molar-refractivity contribution >= 4 is 29.0 Å². The molecular weight excluding hydrogens is 395 g/mol. The van der Waals surface area contributed by atoms with Gasteiger partial charge in [0.05, 0.1) is 17.9 Å². The Morgan fingerprint density at radius 1 is 1.24 bits per heavy atom. The molecule has 0 saturated carbocycles. The van der Waals surface area contributed by atoms with E-state index in [1.54, 1.807) is 24.4 Å². The van der Waals surface area contributed by atoms with E-state index in [0.717, 1.165) is 11.1 Å². The highest BCUT2D eigenvalue weighted by Crippen LogP contribution is 2.32. The molecule has 0 spiro atoms. The molecule has 3 aromatic rings. The third-order valence-corrected chi connectivity index (χ3v) is 5.56. The molecule has 1 fully saturated rings. The maximum Gasteiger partial charge on any atom is 0.414 e. The van der Waals surface area contributed by atoms with Gasteiger partial charge in [-0.15, -0.1) is 0 Å². The van der Waals surface area contributed by atoms with Gasteiger partial charge in [-0.1, -0.05) is 0 Å². The summed E-state index contributed by atoms with van der Waals surface area (Å²) < 4.78 is 29.8. The lowest BCUT2D eigenvalue weighted by Gasteiger charge is -2.20. The van der Waals surface area contributed by atoms with Crippen molar-refractivity contribution in [2.75, 3.05) is 23.0 Å². The average Bonchev–Trinajstić information content (AvgIpc) is 3.45. The molecule has 2 aliphatic heterocycles. The van der Waals surface area contributed by atoms with Gasteiger partial charge in [0.1, 0.15) is 12.4 Å². The first kappa shape index (κ1) is 17.9. The number of halogens is 1. The van der Waals surface area contributed by atoms with Crippen LogP contribution in [0.15, 0.2) is 48.1 Å². The highest BCUT2D eigenvalue weighted by molar-refractivity contribution is 7.03. The van der Waals surface area contributed by atoms with Crippen LogP contribution in [-0.2, 0) is 17.8 Å². The fourth-order valence-electron chi connectivity index (χ4n) is 3.58. The fourth-order valence-corrected chi connectivity index (χ4v) is 4.04. The van der Waals surface area contributed by atoms with E-state index in [9.17, 15) is 9.18 Å². The van der Waals surface area contributed by atoms with E-state index in [4.69, 9.17) is 9.47 Å². The minimum Gasteiger partial charge on any atom is -0.473 e. The number of cyclic esters (lactones) is 1. The Bertz CT molecular complexity index is 1020. The number of nitrogens with zero attached hydrogens (tertiary/aromatic N) is 4. The van der Waals surface area contributed by atoms with Gasteiger partial charge in [0.2, 0.25) is 5.88 Å². The van der Waals surface area contributed by atoms with E-state index in [-0.39, 0.29) is 12.4 Å². The second kappa shape index (κ2) is 7.32. The third kappa shape index (κ3) is 3.49. The van der Waals surface area contributed by atoms with Gasteiger partial charge in [0.15, 0.2) is 6.10 Å². The Hall–Kier alpha value is -3.20. The Morgan fingerprint density at radius 2 is 2.14 bits per heavy atom. The number of pyridine rings is 1. The van der Waals surface area contributed by atoms with E-state index >= 15 is 0 Å². The highest BCUT2D eigenvalue weighted by Gasteiger charge is 2.33. The van der Waals surface area contributed by atoms with Crippen LogP contribution in [0.5, 0.6) is 5.88 Å². The topological polar surface area (TPSA) is 67.8 Å². The predicted octanol–water partition coefficient (Wildman–Crippen LogP) is 3.60. The quantitative estimate of drug-likeness (QED) is 0.638. The van der Waals surface area contributed by atoms with Crippen LogP contribution in [0.1, 0.15) is 11.1 Å². The second-order valence-electron chi connectivity index (χ2n) is 6.90. The van der Waals surface area contributed by atoms with Gasteiger partial charge in [0.25, 0.3) is 0 Å². The molecule has 148 valence electrons. The van der Waals surface area contributed by atoms with E-state index in [1.165, 1.54) is 22.5 Å². The number of amides is 1. The molecule has 0 aliphatic carbocycles. The van der Waals surface area contributed by atoms with Crippen LogP contribution in [0.4, 0.5) is 20.6 Å². The van der Waals surface area contributed by atoms with Crippen molar-refractivity contribution in [1.82, 2.24) is 9.36 Å². The molecular formula is C20H17FN4O3S. The van der Waals surface area contributed by atoms with Crippen LogP contribution in [0.3, 0.4) is 0 Å². The average molecular weight is 412 g/mol. The largest absolute Gasteiger partial charge is 0.473 e. The molecule has 0 unspecified atom stereocenters. The number of rotatable bonds is 5. The number of anilines is 2. The maximum absolute atomic E-state index is 14.9. The number of fused-ring (bicyclic) bond motifs is 1. The lowest BCUT2D eigenvalue weighted by molar-refractivity contribution is 0.104. The summed E-state index contributed by atoms with van der Waals surface area (Å²) in [6, 6.07) is 8.53. The molecule has 0 radical (unpaired) electrons. The zero-order valence-corrected chi connectivity index (χ0v) is 16.1. The maximum atomic E-state index is 14.9. The summed E-state index contributed by atoms with van der Waals surface area (Å²) in [6.07, 6.45) is 2.61. The fraction of sp³-hybridized carbons (Fsp3) is 0.250. The monoisotopic (exact) mass is 412 g/mol. The summed E-state index contributed by atoms with van der Waals surface area (Å²) in [5.74, 6) is 0.125. The van der Waals surface area contributed by atoms with E-state index in [2.05, 4.69) is 9.36 Å². The molecule has 7 nitrogen and oxygen atoms in total. The normalized spacial score (nSPS) is 18.1. The van der Waals surface area contributed by atoms with Crippen LogP contribution >= 0.6 is 11.5 Å². The van der Waals surface area contributed by atoms with Gasteiger partial charge in [0, 0.05) is 36.9 Å². The molecule has 1 amide bonds. The first-order valence-corrected chi connectivity index (χ1v) is 9.98. The van der Waals surface area contributed by atoms with E-state index in [1.807, 2.05) is 22.5 Å². The zero-order chi connectivity index (χ0) is 19.8. The molecule has 1 aromatic carbocycles. The highest BCUT2D eigenvalue weighted by atomic mass is 32.1. The minimum atomic E-state index is -0.510. The standard InChI is InChI=1S/C20H17FN4O3S/c21-17-7-15(1-2-18(17)24-9-13-3-5-22-8-14(13)10-24)25-11-16(28-20(25)26)12-27-19-4-6-29-23-19/h1-8,16H,9-12H2/t16-/m1/s1. The Labute approximate surface area is 170 Å². The molecule has 4 heterocycles. The summed E-state index contributed by atoms with van der Waals surface area (Å²) in [5, 5.41) is 1.81. The van der Waals surface area contributed by atoms with Gasteiger partial charge in [-0.3, -0.25) is 9.88 Å². The molecule has 2 aromatic heterocycles. The van der Waals surface area contributed by atoms with Gasteiger partial charge >= 0.3 is 6.09 Å². The molecule has 5 rings (SSSR count). The van der Waals surface area contributed by atoms with Gasteiger partial charge in [-0.25, -0.2) is 9.18 Å². The molecule has 1 saturated heterocycles. The van der Waals surface area contributed by atoms with Crippen molar-refractivity contribution < 1.29 is 18.7 Å². The zero-order valence-electron chi connectivity index (χ0n) is 15.3. The number of hydrogen-bond acceptors (Lipinski definition) is 7. The lowest BCUT2D eigenvalue weighted by atomic mass is 10.2. The number of benzene rings is 1. The third-order valence-electron chi connectivity index (χ3n) is 5.02. The van der Waals surface area contributed by atoms with Crippen molar-refractivity contribution in [3.63, 3.8) is 0 Å². The predicted molar refractivity (Wildman–Crippen MR) is 106 cm³/mol. The molecule has 2 aliphatic rings. The van der Waals surface area contributed by atoms with Crippen LogP contribution < -0.4 is 14.5 Å². The van der Waals surface area contributed by atoms with E-state index in [0.29, 0.717) is 36.9 Å². The van der Waals surface area contributed by atoms with E-state index < -0.39 is 12.2 Å². The summed E-state index contributed by atoms with van der Waals surface area (Å²) in [4.78, 5) is 19.7. The van der Waals surface area contributed by atoms with Crippen LogP contribution in [-0.4, -0.2) is 34.7 Å². The number of hydrogen-bond donors (Lipinski definition) is 0. The summed E-state index contributed by atoms with van der Waals surface area (Å²) >= 11 is 1.29. The van der Waals surface area contributed by atoms with Crippen molar-refractivity contribution in [1.29, 1.82) is 0 Å². The molecule has 1 atom stereocenters. The van der Waals surface area contributed by atoms with Crippen molar-refractivity contribution in [2.45, 2.75) is 19.2 Å². The summed E-state index contributed by atoms with van der Waals surface area (Å²) in [6.45, 7) is 1.74. The first-order chi connectivity index (χ1) is 14.2. The van der Waals surface area contributed by atoms with Gasteiger partial charge in [-0.2, -0.15) is 4.37 Å². The van der Waals surface area contributed by atoms with Gasteiger partial charge < -0.3 is 14.4 Å². The Balaban J connectivity index is 1.27. The van der Waals surface area contributed by atoms with Crippen LogP contribution in [0.25, 0.3) is 0 Å². The summed E-state index contributed by atoms with van der Waals surface area (Å²) in [7, 11) is 0. The Kier molecular flexibility index (Phi) is 4.51. The van der Waals surface area contributed by atoms with Crippen molar-refractivity contribution in [3.05, 3.63) is 65.0 Å². The number of carbonyl (C=O) groups excluding carboxylic acids is 1. The molecule has 0 bridgehead atoms. The Morgan fingerprint density at radius 3 is 2.93 bits per heavy atom. The van der Waals surface area contributed by atoms with Crippen LogP contribution in [0.2, 0.25) is 0 Å². The number of aromatic nitrogens is 2. The summed E-state index contributed by atoms with van der Waals surface area (Å²) in [5.41, 5.74) is 3.21. The van der Waals surface area contributed by atoms with Crippen LogP contribution in [0, 0.1) is 5.82 Å². The van der Waals surface area contributed by atoms with Crippen molar-refractivity contribution in [3.8, 4) is 5.88 Å². The molecule has 29 heavy (non-hydrogen) atoms. The molecule has 9 heteroatoms. The number of carbonyl (C=O) groups is 1. The number of ether oxygens (including phenoxy) is 2. The SMILES string of the molecule is O=C1O[C@@H](COc2ccsn2)CN1c1ccc(N2Cc3ccncc3C2)c(F)c1. The second-order valence-corrected chi connectivity index (χ2v) is 7.57. The first-order valence-electron chi connectivity index (χ1n) is 9.15. The lowest BCUT2D eigenvalue weighted by Crippen LogP contribution is -2.27. The smallest absolute Gasteiger partial charge is 0.414 e. The molecule has 0 N–H and O–H groups in total. The minimum absolute atomic E-state index is 0.201. The van der Waals surface area contributed by atoms with Gasteiger partial charge in [-0.05, 0) is 46.9 Å². The van der Waals surface area contributed by atoms with Crippen molar-refractivity contribution in [2.24, 2.45) is 0 Å².